The number of furan rings is 1. The van der Waals surface area contributed by atoms with Crippen molar-refractivity contribution in [2.45, 2.75) is 13.3 Å². The minimum Gasteiger partial charge on any atom is -0.459 e. The Hall–Kier alpha value is -1.69. The Bertz CT molecular complexity index is 333. The first-order valence-corrected chi connectivity index (χ1v) is 4.01. The highest BCUT2D eigenvalue weighted by atomic mass is 16.3. The Morgan fingerprint density at radius 1 is 1.77 bits per heavy atom. The van der Waals surface area contributed by atoms with Crippen LogP contribution in [-0.2, 0) is 0 Å². The number of rotatable bonds is 3. The van der Waals surface area contributed by atoms with Crippen LogP contribution in [0.3, 0.4) is 0 Å². The average molecular weight is 177 g/mol. The topological polar surface area (TPSA) is 42.2 Å². The molecule has 0 atom stereocenters. The maximum atomic E-state index is 11.3. The van der Waals surface area contributed by atoms with E-state index < -0.39 is 0 Å². The van der Waals surface area contributed by atoms with Crippen molar-refractivity contribution in [3.8, 4) is 12.3 Å². The summed E-state index contributed by atoms with van der Waals surface area (Å²) in [7, 11) is 0. The third-order valence-corrected chi connectivity index (χ3v) is 1.62. The van der Waals surface area contributed by atoms with Gasteiger partial charge < -0.3 is 9.73 Å². The second-order valence-corrected chi connectivity index (χ2v) is 2.64. The molecular formula is C10H11NO2. The number of carbonyl (C=O) groups excluding carboxylic acids is 1. The summed E-state index contributed by atoms with van der Waals surface area (Å²) in [5.41, 5.74) is 0.832. The molecule has 0 radical (unpaired) electrons. The number of carbonyl (C=O) groups is 1. The molecule has 1 rings (SSSR count). The van der Waals surface area contributed by atoms with E-state index in [4.69, 9.17) is 10.8 Å². The van der Waals surface area contributed by atoms with Crippen LogP contribution in [0.4, 0.5) is 0 Å². The van der Waals surface area contributed by atoms with E-state index in [2.05, 4.69) is 11.2 Å². The first-order valence-electron chi connectivity index (χ1n) is 4.01. The third kappa shape index (κ3) is 2.38. The van der Waals surface area contributed by atoms with E-state index in [0.29, 0.717) is 18.7 Å². The molecule has 1 aromatic rings. The Morgan fingerprint density at radius 3 is 3.08 bits per heavy atom. The fourth-order valence-corrected chi connectivity index (χ4v) is 0.934. The Morgan fingerprint density at radius 2 is 2.54 bits per heavy atom. The van der Waals surface area contributed by atoms with Gasteiger partial charge in [-0.05, 0) is 13.0 Å². The molecule has 3 heteroatoms. The van der Waals surface area contributed by atoms with E-state index in [1.165, 1.54) is 6.26 Å². The summed E-state index contributed by atoms with van der Waals surface area (Å²) in [5, 5.41) is 2.65. The molecule has 0 saturated heterocycles. The molecule has 0 aliphatic heterocycles. The van der Waals surface area contributed by atoms with Crippen molar-refractivity contribution in [3.05, 3.63) is 23.7 Å². The molecule has 68 valence electrons. The van der Waals surface area contributed by atoms with Gasteiger partial charge in [-0.2, -0.15) is 0 Å². The largest absolute Gasteiger partial charge is 0.459 e. The minimum atomic E-state index is -0.210. The van der Waals surface area contributed by atoms with Crippen LogP contribution in [0, 0.1) is 19.3 Å². The average Bonchev–Trinajstić information content (AvgIpc) is 2.52. The van der Waals surface area contributed by atoms with E-state index in [0.717, 1.165) is 5.56 Å². The summed E-state index contributed by atoms with van der Waals surface area (Å²) in [6, 6.07) is 1.75. The molecule has 0 bridgehead atoms. The van der Waals surface area contributed by atoms with Gasteiger partial charge in [-0.1, -0.05) is 0 Å². The van der Waals surface area contributed by atoms with Crippen LogP contribution in [0.15, 0.2) is 16.7 Å². The quantitative estimate of drug-likeness (QED) is 0.559. The predicted octanol–water partition coefficient (Wildman–Crippen LogP) is 1.34. The molecule has 0 unspecified atom stereocenters. The molecule has 0 spiro atoms. The number of aryl methyl sites for hydroxylation is 1. The molecule has 1 heterocycles. The minimum absolute atomic E-state index is 0.210. The Labute approximate surface area is 77.1 Å². The van der Waals surface area contributed by atoms with Crippen LogP contribution in [0.25, 0.3) is 0 Å². The van der Waals surface area contributed by atoms with Crippen LogP contribution in [0.5, 0.6) is 0 Å². The highest BCUT2D eigenvalue weighted by Crippen LogP contribution is 2.07. The van der Waals surface area contributed by atoms with Crippen molar-refractivity contribution in [1.82, 2.24) is 5.32 Å². The standard InChI is InChI=1S/C10H11NO2/c1-3-4-6-11-10(12)9-8(2)5-7-13-9/h1,5,7H,4,6H2,2H3,(H,11,12). The SMILES string of the molecule is C#CCCNC(=O)c1occc1C. The van der Waals surface area contributed by atoms with Gasteiger partial charge in [0, 0.05) is 18.5 Å². The van der Waals surface area contributed by atoms with Crippen LogP contribution >= 0.6 is 0 Å². The number of amides is 1. The van der Waals surface area contributed by atoms with Crippen molar-refractivity contribution in [1.29, 1.82) is 0 Å². The summed E-state index contributed by atoms with van der Waals surface area (Å²) in [6.07, 6.45) is 7.06. The monoisotopic (exact) mass is 177 g/mol. The van der Waals surface area contributed by atoms with Gasteiger partial charge in [0.2, 0.25) is 0 Å². The van der Waals surface area contributed by atoms with Gasteiger partial charge in [0.15, 0.2) is 5.76 Å². The molecular weight excluding hydrogens is 166 g/mol. The fraction of sp³-hybridized carbons (Fsp3) is 0.300. The third-order valence-electron chi connectivity index (χ3n) is 1.62. The second-order valence-electron chi connectivity index (χ2n) is 2.64. The maximum Gasteiger partial charge on any atom is 0.287 e. The van der Waals surface area contributed by atoms with E-state index >= 15 is 0 Å². The molecule has 0 aliphatic rings. The normalized spacial score (nSPS) is 9.23. The van der Waals surface area contributed by atoms with Crippen molar-refractivity contribution < 1.29 is 9.21 Å². The van der Waals surface area contributed by atoms with Gasteiger partial charge in [-0.3, -0.25) is 4.79 Å². The van der Waals surface area contributed by atoms with Crippen molar-refractivity contribution in [3.63, 3.8) is 0 Å². The zero-order chi connectivity index (χ0) is 9.68. The van der Waals surface area contributed by atoms with Gasteiger partial charge in [0.1, 0.15) is 0 Å². The van der Waals surface area contributed by atoms with Crippen LogP contribution in [0.1, 0.15) is 22.5 Å². The summed E-state index contributed by atoms with van der Waals surface area (Å²) < 4.78 is 4.99. The number of terminal acetylenes is 1. The maximum absolute atomic E-state index is 11.3. The predicted molar refractivity (Wildman–Crippen MR) is 49.2 cm³/mol. The lowest BCUT2D eigenvalue weighted by atomic mass is 10.2. The molecule has 3 nitrogen and oxygen atoms in total. The van der Waals surface area contributed by atoms with Gasteiger partial charge in [0.25, 0.3) is 5.91 Å². The van der Waals surface area contributed by atoms with Crippen LogP contribution in [-0.4, -0.2) is 12.5 Å². The smallest absolute Gasteiger partial charge is 0.287 e. The molecule has 0 saturated carbocycles. The van der Waals surface area contributed by atoms with E-state index in [1.807, 2.05) is 6.92 Å². The summed E-state index contributed by atoms with van der Waals surface area (Å²) in [5.74, 6) is 2.59. The zero-order valence-electron chi connectivity index (χ0n) is 7.46. The Balaban J connectivity index is 2.50. The molecule has 0 aromatic carbocycles. The van der Waals surface area contributed by atoms with Crippen molar-refractivity contribution in [2.24, 2.45) is 0 Å². The highest BCUT2D eigenvalue weighted by Gasteiger charge is 2.10. The zero-order valence-corrected chi connectivity index (χ0v) is 7.46. The molecule has 0 fully saturated rings. The molecule has 13 heavy (non-hydrogen) atoms. The van der Waals surface area contributed by atoms with Crippen molar-refractivity contribution >= 4 is 5.91 Å². The molecule has 1 N–H and O–H groups in total. The first kappa shape index (κ1) is 9.40. The first-order chi connectivity index (χ1) is 6.25. The van der Waals surface area contributed by atoms with Gasteiger partial charge in [0.05, 0.1) is 6.26 Å². The van der Waals surface area contributed by atoms with Crippen LogP contribution in [0.2, 0.25) is 0 Å². The molecule has 1 amide bonds. The summed E-state index contributed by atoms with van der Waals surface area (Å²) in [6.45, 7) is 2.30. The van der Waals surface area contributed by atoms with Gasteiger partial charge in [-0.15, -0.1) is 12.3 Å². The van der Waals surface area contributed by atoms with Crippen LogP contribution < -0.4 is 5.32 Å². The van der Waals surface area contributed by atoms with E-state index in [9.17, 15) is 4.79 Å². The fourth-order valence-electron chi connectivity index (χ4n) is 0.934. The highest BCUT2D eigenvalue weighted by molar-refractivity contribution is 5.92. The number of hydrogen-bond acceptors (Lipinski definition) is 2. The number of nitrogens with one attached hydrogen (secondary N) is 1. The van der Waals surface area contributed by atoms with Gasteiger partial charge >= 0.3 is 0 Å². The second kappa shape index (κ2) is 4.36. The molecule has 1 aromatic heterocycles. The van der Waals surface area contributed by atoms with E-state index in [1.54, 1.807) is 6.07 Å². The lowest BCUT2D eigenvalue weighted by Gasteiger charge is -1.99. The summed E-state index contributed by atoms with van der Waals surface area (Å²) >= 11 is 0. The number of hydrogen-bond donors (Lipinski definition) is 1. The van der Waals surface area contributed by atoms with Crippen molar-refractivity contribution in [2.75, 3.05) is 6.54 Å². The Kier molecular flexibility index (Phi) is 3.15. The molecule has 0 aliphatic carbocycles. The van der Waals surface area contributed by atoms with Gasteiger partial charge in [-0.25, -0.2) is 0 Å². The lowest BCUT2D eigenvalue weighted by Crippen LogP contribution is -2.24. The summed E-state index contributed by atoms with van der Waals surface area (Å²) in [4.78, 5) is 11.3. The lowest BCUT2D eigenvalue weighted by molar-refractivity contribution is 0.0926. The van der Waals surface area contributed by atoms with E-state index in [-0.39, 0.29) is 5.91 Å².